The molecule has 1 saturated heterocycles. The van der Waals surface area contributed by atoms with Gasteiger partial charge in [0, 0.05) is 6.20 Å². The van der Waals surface area contributed by atoms with E-state index in [0.717, 1.165) is 0 Å². The van der Waals surface area contributed by atoms with Crippen LogP contribution >= 0.6 is 11.6 Å². The van der Waals surface area contributed by atoms with Gasteiger partial charge in [0.15, 0.2) is 0 Å². The Hall–Kier alpha value is -1.73. The van der Waals surface area contributed by atoms with Crippen molar-refractivity contribution < 1.29 is 14.8 Å². The molecule has 102 valence electrons. The number of halogens is 1. The molecule has 8 heteroatoms. The number of nitrogens with zero attached hydrogens (tertiary/aromatic N) is 3. The third kappa shape index (κ3) is 2.39. The van der Waals surface area contributed by atoms with E-state index in [1.807, 2.05) is 6.92 Å². The number of likely N-dealkylation sites (tertiary alicyclic amines) is 1. The van der Waals surface area contributed by atoms with E-state index in [1.54, 1.807) is 0 Å². The Kier molecular flexibility index (Phi) is 3.42. The van der Waals surface area contributed by atoms with Crippen molar-refractivity contribution in [3.05, 3.63) is 33.1 Å². The van der Waals surface area contributed by atoms with Gasteiger partial charge in [-0.25, -0.2) is 4.98 Å². The standard InChI is InChI=1S/C11H12ClN3O4/c1-2-11(17)5-14(6-11)10(16)7-3-4-13-9(12)8(7)15(18)19/h3-4,17H,2,5-6H2,1H3. The van der Waals surface area contributed by atoms with E-state index in [-0.39, 0.29) is 23.8 Å². The highest BCUT2D eigenvalue weighted by molar-refractivity contribution is 6.32. The molecule has 0 aromatic carbocycles. The lowest BCUT2D eigenvalue weighted by molar-refractivity contribution is -0.385. The molecule has 0 saturated carbocycles. The molecule has 7 nitrogen and oxygen atoms in total. The quantitative estimate of drug-likeness (QED) is 0.512. The van der Waals surface area contributed by atoms with Crippen LogP contribution in [0.25, 0.3) is 0 Å². The molecule has 0 atom stereocenters. The first-order valence-corrected chi connectivity index (χ1v) is 6.06. The number of carbonyl (C=O) groups is 1. The van der Waals surface area contributed by atoms with Crippen LogP contribution in [0.2, 0.25) is 5.15 Å². The zero-order valence-corrected chi connectivity index (χ0v) is 10.9. The van der Waals surface area contributed by atoms with Crippen molar-refractivity contribution in [1.82, 2.24) is 9.88 Å². The van der Waals surface area contributed by atoms with Gasteiger partial charge >= 0.3 is 5.69 Å². The van der Waals surface area contributed by atoms with Crippen molar-refractivity contribution in [2.75, 3.05) is 13.1 Å². The first-order valence-electron chi connectivity index (χ1n) is 5.68. The molecule has 1 amide bonds. The summed E-state index contributed by atoms with van der Waals surface area (Å²) in [6.07, 6.45) is 1.77. The Morgan fingerprint density at radius 2 is 2.32 bits per heavy atom. The van der Waals surface area contributed by atoms with Gasteiger partial charge in [-0.2, -0.15) is 0 Å². The van der Waals surface area contributed by atoms with Crippen LogP contribution in [0.15, 0.2) is 12.3 Å². The van der Waals surface area contributed by atoms with Gasteiger partial charge in [0.1, 0.15) is 5.56 Å². The molecule has 0 bridgehead atoms. The average Bonchev–Trinajstić information content (AvgIpc) is 2.33. The first-order chi connectivity index (χ1) is 8.88. The van der Waals surface area contributed by atoms with Gasteiger partial charge < -0.3 is 10.0 Å². The monoisotopic (exact) mass is 285 g/mol. The minimum Gasteiger partial charge on any atom is -0.386 e. The molecule has 1 aromatic rings. The second kappa shape index (κ2) is 4.75. The number of rotatable bonds is 3. The molecular weight excluding hydrogens is 274 g/mol. The molecule has 0 aliphatic carbocycles. The highest BCUT2D eigenvalue weighted by atomic mass is 35.5. The number of β-amino-alcohol motifs (C(OH)–C–C–N with tert-alkyl or cyclic N) is 1. The van der Waals surface area contributed by atoms with Gasteiger partial charge in [0.2, 0.25) is 5.15 Å². The number of carbonyl (C=O) groups excluding carboxylic acids is 1. The van der Waals surface area contributed by atoms with Crippen molar-refractivity contribution in [3.63, 3.8) is 0 Å². The van der Waals surface area contributed by atoms with E-state index < -0.39 is 22.1 Å². The van der Waals surface area contributed by atoms with E-state index >= 15 is 0 Å². The summed E-state index contributed by atoms with van der Waals surface area (Å²) in [5.74, 6) is -0.519. The van der Waals surface area contributed by atoms with Crippen LogP contribution in [0.5, 0.6) is 0 Å². The Bertz CT molecular complexity index is 543. The van der Waals surface area contributed by atoms with E-state index in [0.29, 0.717) is 6.42 Å². The number of pyridine rings is 1. The fraction of sp³-hybridized carbons (Fsp3) is 0.455. The van der Waals surface area contributed by atoms with Crippen molar-refractivity contribution in [3.8, 4) is 0 Å². The molecule has 0 unspecified atom stereocenters. The van der Waals surface area contributed by atoms with Crippen molar-refractivity contribution in [2.24, 2.45) is 0 Å². The topological polar surface area (TPSA) is 96.6 Å². The summed E-state index contributed by atoms with van der Waals surface area (Å²) < 4.78 is 0. The third-order valence-corrected chi connectivity index (χ3v) is 3.48. The summed E-state index contributed by atoms with van der Waals surface area (Å²) in [6, 6.07) is 1.26. The van der Waals surface area contributed by atoms with Gasteiger partial charge in [-0.15, -0.1) is 0 Å². The van der Waals surface area contributed by atoms with Crippen LogP contribution in [0, 0.1) is 10.1 Å². The Morgan fingerprint density at radius 1 is 1.68 bits per heavy atom. The molecule has 1 aliphatic rings. The largest absolute Gasteiger partial charge is 0.386 e. The lowest BCUT2D eigenvalue weighted by Gasteiger charge is -2.45. The summed E-state index contributed by atoms with van der Waals surface area (Å²) in [5, 5.41) is 20.5. The number of aromatic nitrogens is 1. The number of hydrogen-bond acceptors (Lipinski definition) is 5. The first kappa shape index (κ1) is 13.7. The summed E-state index contributed by atoms with van der Waals surface area (Å²) in [4.78, 5) is 27.3. The van der Waals surface area contributed by atoms with Gasteiger partial charge in [0.05, 0.1) is 23.6 Å². The molecule has 2 rings (SSSR count). The lowest BCUT2D eigenvalue weighted by Crippen LogP contribution is -2.63. The maximum Gasteiger partial charge on any atom is 0.319 e. The fourth-order valence-corrected chi connectivity index (χ4v) is 2.20. The molecule has 0 spiro atoms. The second-order valence-electron chi connectivity index (χ2n) is 4.49. The number of hydrogen-bond donors (Lipinski definition) is 1. The minimum absolute atomic E-state index is 0.108. The Morgan fingerprint density at radius 3 is 2.84 bits per heavy atom. The zero-order valence-electron chi connectivity index (χ0n) is 10.2. The summed E-state index contributed by atoms with van der Waals surface area (Å²) in [5.41, 5.74) is -1.49. The number of nitro groups is 1. The summed E-state index contributed by atoms with van der Waals surface area (Å²) >= 11 is 5.64. The van der Waals surface area contributed by atoms with Crippen molar-refractivity contribution >= 4 is 23.2 Å². The number of aliphatic hydroxyl groups is 1. The molecule has 1 N–H and O–H groups in total. The van der Waals surface area contributed by atoms with Crippen LogP contribution in [0.1, 0.15) is 23.7 Å². The third-order valence-electron chi connectivity index (χ3n) is 3.21. The lowest BCUT2D eigenvalue weighted by atomic mass is 9.90. The highest BCUT2D eigenvalue weighted by Gasteiger charge is 2.43. The maximum absolute atomic E-state index is 12.1. The average molecular weight is 286 g/mol. The minimum atomic E-state index is -0.888. The Balaban J connectivity index is 2.27. The van der Waals surface area contributed by atoms with Gasteiger partial charge in [-0.3, -0.25) is 14.9 Å². The van der Waals surface area contributed by atoms with Crippen LogP contribution in [-0.2, 0) is 0 Å². The van der Waals surface area contributed by atoms with Gasteiger partial charge in [-0.05, 0) is 12.5 Å². The van der Waals surface area contributed by atoms with Crippen LogP contribution in [0.4, 0.5) is 5.69 Å². The highest BCUT2D eigenvalue weighted by Crippen LogP contribution is 2.31. The maximum atomic E-state index is 12.1. The van der Waals surface area contributed by atoms with E-state index in [4.69, 9.17) is 11.6 Å². The van der Waals surface area contributed by atoms with E-state index in [1.165, 1.54) is 17.2 Å². The number of amides is 1. The molecule has 1 aliphatic heterocycles. The van der Waals surface area contributed by atoms with E-state index in [2.05, 4.69) is 4.98 Å². The summed E-state index contributed by atoms with van der Waals surface area (Å²) in [7, 11) is 0. The van der Waals surface area contributed by atoms with Crippen molar-refractivity contribution in [1.29, 1.82) is 0 Å². The molecule has 19 heavy (non-hydrogen) atoms. The van der Waals surface area contributed by atoms with Crippen LogP contribution in [0.3, 0.4) is 0 Å². The molecule has 2 heterocycles. The normalized spacial score (nSPS) is 16.9. The zero-order chi connectivity index (χ0) is 14.2. The smallest absolute Gasteiger partial charge is 0.319 e. The Labute approximate surface area is 114 Å². The van der Waals surface area contributed by atoms with E-state index in [9.17, 15) is 20.0 Å². The molecule has 0 radical (unpaired) electrons. The predicted octanol–water partition coefficient (Wildman–Crippen LogP) is 1.24. The fourth-order valence-electron chi connectivity index (χ4n) is 1.98. The molecule has 1 aromatic heterocycles. The molecule has 1 fully saturated rings. The molecular formula is C11H12ClN3O4. The second-order valence-corrected chi connectivity index (χ2v) is 4.85. The van der Waals surface area contributed by atoms with Gasteiger partial charge in [0.25, 0.3) is 5.91 Å². The summed E-state index contributed by atoms with van der Waals surface area (Å²) in [6.45, 7) is 2.15. The van der Waals surface area contributed by atoms with Crippen molar-refractivity contribution in [2.45, 2.75) is 18.9 Å². The van der Waals surface area contributed by atoms with Gasteiger partial charge in [-0.1, -0.05) is 18.5 Å². The SMILES string of the molecule is CCC1(O)CN(C(=O)c2ccnc(Cl)c2[N+](=O)[O-])C1. The van der Waals surface area contributed by atoms with Crippen LogP contribution < -0.4 is 0 Å². The predicted molar refractivity (Wildman–Crippen MR) is 67.0 cm³/mol. The van der Waals surface area contributed by atoms with Crippen LogP contribution in [-0.4, -0.2) is 44.5 Å².